The number of anilines is 1. The first-order valence-electron chi connectivity index (χ1n) is 6.82. The zero-order valence-corrected chi connectivity index (χ0v) is 12.1. The van der Waals surface area contributed by atoms with Crippen molar-refractivity contribution in [2.75, 3.05) is 5.32 Å². The van der Waals surface area contributed by atoms with Gasteiger partial charge >= 0.3 is 5.97 Å². The largest absolute Gasteiger partial charge is 0.480 e. The summed E-state index contributed by atoms with van der Waals surface area (Å²) >= 11 is 0. The zero-order chi connectivity index (χ0) is 14.7. The second-order valence-electron chi connectivity index (χ2n) is 4.94. The van der Waals surface area contributed by atoms with Crippen LogP contribution in [0.15, 0.2) is 12.3 Å². The van der Waals surface area contributed by atoms with E-state index in [0.717, 1.165) is 35.3 Å². The molecule has 0 aliphatic carbocycles. The van der Waals surface area contributed by atoms with Crippen molar-refractivity contribution in [3.63, 3.8) is 0 Å². The van der Waals surface area contributed by atoms with Gasteiger partial charge in [0.25, 0.3) is 0 Å². The van der Waals surface area contributed by atoms with Crippen molar-refractivity contribution in [2.45, 2.75) is 39.2 Å². The van der Waals surface area contributed by atoms with Crippen molar-refractivity contribution in [2.24, 2.45) is 7.05 Å². The summed E-state index contributed by atoms with van der Waals surface area (Å²) in [5.41, 5.74) is 2.38. The molecule has 2 N–H and O–H groups in total. The molecule has 0 saturated carbocycles. The van der Waals surface area contributed by atoms with E-state index in [-0.39, 0.29) is 0 Å². The Labute approximate surface area is 117 Å². The van der Waals surface area contributed by atoms with Gasteiger partial charge in [0.2, 0.25) is 0 Å². The normalized spacial score (nSPS) is 12.6. The fourth-order valence-corrected chi connectivity index (χ4v) is 2.35. The van der Waals surface area contributed by atoms with Crippen LogP contribution in [0.4, 0.5) is 5.69 Å². The van der Waals surface area contributed by atoms with Crippen LogP contribution in [0.25, 0.3) is 11.0 Å². The number of pyridine rings is 1. The molecule has 20 heavy (non-hydrogen) atoms. The van der Waals surface area contributed by atoms with Crippen molar-refractivity contribution in [3.8, 4) is 0 Å². The van der Waals surface area contributed by atoms with Crippen LogP contribution in [-0.4, -0.2) is 31.9 Å². The van der Waals surface area contributed by atoms with Gasteiger partial charge in [-0.15, -0.1) is 0 Å². The molecule has 2 heterocycles. The molecule has 0 aliphatic heterocycles. The van der Waals surface area contributed by atoms with Gasteiger partial charge in [0, 0.05) is 18.9 Å². The highest BCUT2D eigenvalue weighted by molar-refractivity contribution is 5.93. The monoisotopic (exact) mass is 276 g/mol. The number of aromatic nitrogens is 3. The maximum Gasteiger partial charge on any atom is 0.326 e. The molecule has 1 atom stereocenters. The number of hydrogen-bond donors (Lipinski definition) is 2. The number of aliphatic carboxylic acids is 1. The number of hydrogen-bond acceptors (Lipinski definition) is 4. The molecule has 2 aromatic rings. The number of rotatable bonds is 6. The van der Waals surface area contributed by atoms with E-state index >= 15 is 0 Å². The van der Waals surface area contributed by atoms with Crippen LogP contribution in [0.1, 0.15) is 31.9 Å². The lowest BCUT2D eigenvalue weighted by Crippen LogP contribution is -2.29. The molecular formula is C14H20N4O2. The van der Waals surface area contributed by atoms with Crippen LogP contribution < -0.4 is 5.32 Å². The minimum absolute atomic E-state index is 0.583. The molecule has 0 radical (unpaired) electrons. The van der Waals surface area contributed by atoms with Crippen molar-refractivity contribution in [3.05, 3.63) is 18.0 Å². The standard InChI is InChI=1S/C14H20N4O2/c1-4-5-6-11(14(19)20)16-10-7-8-15-13-12(10)9(2)17-18(13)3/h7-8,11H,4-6H2,1-3H3,(H,15,16)(H,19,20)/t11-/m0/s1. The Morgan fingerprint density at radius 1 is 1.55 bits per heavy atom. The summed E-state index contributed by atoms with van der Waals surface area (Å²) in [6.07, 6.45) is 4.13. The molecule has 0 spiro atoms. The summed E-state index contributed by atoms with van der Waals surface area (Å²) in [5.74, 6) is -0.829. The second-order valence-corrected chi connectivity index (χ2v) is 4.94. The average Bonchev–Trinajstić information content (AvgIpc) is 2.70. The minimum atomic E-state index is -0.829. The molecule has 0 aromatic carbocycles. The number of aryl methyl sites for hydroxylation is 2. The maximum atomic E-state index is 11.3. The molecule has 6 heteroatoms. The average molecular weight is 276 g/mol. The molecule has 0 bridgehead atoms. The Morgan fingerprint density at radius 3 is 2.95 bits per heavy atom. The Hall–Kier alpha value is -2.11. The summed E-state index contributed by atoms with van der Waals surface area (Å²) in [6, 6.07) is 1.22. The van der Waals surface area contributed by atoms with Crippen LogP contribution in [0.3, 0.4) is 0 Å². The van der Waals surface area contributed by atoms with Crippen LogP contribution in [0.2, 0.25) is 0 Å². The SMILES string of the molecule is CCCC[C@H](Nc1ccnc2c1c(C)nn2C)C(=O)O. The lowest BCUT2D eigenvalue weighted by molar-refractivity contribution is -0.138. The third-order valence-electron chi connectivity index (χ3n) is 3.37. The summed E-state index contributed by atoms with van der Waals surface area (Å²) in [5, 5.41) is 17.6. The number of unbranched alkanes of at least 4 members (excludes halogenated alkanes) is 1. The Balaban J connectivity index is 2.34. The van der Waals surface area contributed by atoms with Crippen molar-refractivity contribution in [1.82, 2.24) is 14.8 Å². The highest BCUT2D eigenvalue weighted by Gasteiger charge is 2.19. The van der Waals surface area contributed by atoms with Gasteiger partial charge in [0.1, 0.15) is 6.04 Å². The van der Waals surface area contributed by atoms with Crippen LogP contribution in [0.5, 0.6) is 0 Å². The molecule has 6 nitrogen and oxygen atoms in total. The first-order valence-corrected chi connectivity index (χ1v) is 6.82. The molecule has 0 saturated heterocycles. The number of fused-ring (bicyclic) bond motifs is 1. The Morgan fingerprint density at radius 2 is 2.30 bits per heavy atom. The molecule has 2 rings (SSSR count). The van der Waals surface area contributed by atoms with E-state index in [4.69, 9.17) is 0 Å². The topological polar surface area (TPSA) is 80.0 Å². The van der Waals surface area contributed by atoms with E-state index in [9.17, 15) is 9.90 Å². The zero-order valence-electron chi connectivity index (χ0n) is 12.1. The van der Waals surface area contributed by atoms with Gasteiger partial charge in [-0.25, -0.2) is 9.78 Å². The van der Waals surface area contributed by atoms with Gasteiger partial charge in [-0.3, -0.25) is 4.68 Å². The summed E-state index contributed by atoms with van der Waals surface area (Å²) in [6.45, 7) is 3.95. The minimum Gasteiger partial charge on any atom is -0.480 e. The van der Waals surface area contributed by atoms with Crippen LogP contribution in [-0.2, 0) is 11.8 Å². The molecule has 2 aromatic heterocycles. The van der Waals surface area contributed by atoms with Crippen molar-refractivity contribution >= 4 is 22.7 Å². The van der Waals surface area contributed by atoms with E-state index < -0.39 is 12.0 Å². The van der Waals surface area contributed by atoms with Crippen LogP contribution >= 0.6 is 0 Å². The second kappa shape index (κ2) is 5.90. The number of carboxylic acids is 1. The fourth-order valence-electron chi connectivity index (χ4n) is 2.35. The summed E-state index contributed by atoms with van der Waals surface area (Å²) in [7, 11) is 1.83. The van der Waals surface area contributed by atoms with E-state index in [2.05, 4.69) is 22.3 Å². The van der Waals surface area contributed by atoms with Gasteiger partial charge in [-0.05, 0) is 19.4 Å². The smallest absolute Gasteiger partial charge is 0.326 e. The van der Waals surface area contributed by atoms with Gasteiger partial charge in [-0.1, -0.05) is 19.8 Å². The molecule has 108 valence electrons. The summed E-state index contributed by atoms with van der Waals surface area (Å²) in [4.78, 5) is 15.6. The number of carboxylic acid groups (broad SMARTS) is 1. The summed E-state index contributed by atoms with van der Waals surface area (Å²) < 4.78 is 1.71. The Bertz CT molecular complexity index is 621. The third-order valence-corrected chi connectivity index (χ3v) is 3.37. The number of nitrogens with one attached hydrogen (secondary N) is 1. The predicted octanol–water partition coefficient (Wildman–Crippen LogP) is 2.33. The highest BCUT2D eigenvalue weighted by Crippen LogP contribution is 2.25. The lowest BCUT2D eigenvalue weighted by atomic mass is 10.1. The third kappa shape index (κ3) is 2.74. The van der Waals surface area contributed by atoms with Crippen LogP contribution in [0, 0.1) is 6.92 Å². The molecule has 0 amide bonds. The first kappa shape index (κ1) is 14.3. The van der Waals surface area contributed by atoms with Gasteiger partial charge in [-0.2, -0.15) is 5.10 Å². The quantitative estimate of drug-likeness (QED) is 0.846. The van der Waals surface area contributed by atoms with E-state index in [0.29, 0.717) is 6.42 Å². The fraction of sp³-hybridized carbons (Fsp3) is 0.500. The van der Waals surface area contributed by atoms with E-state index in [1.807, 2.05) is 14.0 Å². The molecule has 0 aliphatic rings. The van der Waals surface area contributed by atoms with Gasteiger partial charge in [0.15, 0.2) is 5.65 Å². The van der Waals surface area contributed by atoms with Gasteiger partial charge in [0.05, 0.1) is 11.1 Å². The van der Waals surface area contributed by atoms with Crippen molar-refractivity contribution < 1.29 is 9.90 Å². The molecule has 0 unspecified atom stereocenters. The lowest BCUT2D eigenvalue weighted by Gasteiger charge is -2.16. The highest BCUT2D eigenvalue weighted by atomic mass is 16.4. The van der Waals surface area contributed by atoms with Gasteiger partial charge < -0.3 is 10.4 Å². The molecule has 0 fully saturated rings. The number of nitrogens with zero attached hydrogens (tertiary/aromatic N) is 3. The van der Waals surface area contributed by atoms with E-state index in [1.165, 1.54) is 0 Å². The van der Waals surface area contributed by atoms with E-state index in [1.54, 1.807) is 16.9 Å². The molecular weight excluding hydrogens is 256 g/mol. The Kier molecular flexibility index (Phi) is 4.22. The predicted molar refractivity (Wildman–Crippen MR) is 77.8 cm³/mol. The van der Waals surface area contributed by atoms with Crippen molar-refractivity contribution in [1.29, 1.82) is 0 Å². The number of carbonyl (C=O) groups is 1. The maximum absolute atomic E-state index is 11.3. The first-order chi connectivity index (χ1) is 9.54.